The molecule has 0 spiro atoms. The zero-order valence-corrected chi connectivity index (χ0v) is 5.29. The van der Waals surface area contributed by atoms with Crippen molar-refractivity contribution in [1.82, 2.24) is 10.7 Å². The molecule has 0 saturated heterocycles. The second-order valence-electron chi connectivity index (χ2n) is 1.73. The van der Waals surface area contributed by atoms with Crippen molar-refractivity contribution in [3.8, 4) is 0 Å². The molecule has 2 N–H and O–H groups in total. The number of nitrogens with zero attached hydrogens (tertiary/aromatic N) is 1. The van der Waals surface area contributed by atoms with E-state index in [9.17, 15) is 4.79 Å². The summed E-state index contributed by atoms with van der Waals surface area (Å²) in [6, 6.07) is -0.370. The van der Waals surface area contributed by atoms with Gasteiger partial charge in [-0.2, -0.15) is 5.10 Å². The number of carbonyl (C=O) groups is 1. The highest BCUT2D eigenvalue weighted by atomic mass is 16.2. The number of hydrogen-bond donors (Lipinski definition) is 2. The van der Waals surface area contributed by atoms with Gasteiger partial charge in [0.2, 0.25) is 0 Å². The summed E-state index contributed by atoms with van der Waals surface area (Å²) in [4.78, 5) is 10.6. The van der Waals surface area contributed by atoms with Crippen molar-refractivity contribution in [2.45, 2.75) is 0 Å². The molecular formula is C6H7N3O. The molecular weight excluding hydrogens is 130 g/mol. The zero-order chi connectivity index (χ0) is 7.40. The summed E-state index contributed by atoms with van der Waals surface area (Å²) in [5.74, 6) is 0. The van der Waals surface area contributed by atoms with Crippen LogP contribution in [0, 0.1) is 0 Å². The van der Waals surface area contributed by atoms with E-state index in [4.69, 9.17) is 0 Å². The Hall–Kier alpha value is -1.58. The molecule has 0 radical (unpaired) electrons. The summed E-state index contributed by atoms with van der Waals surface area (Å²) < 4.78 is 0. The number of rotatable bonds is 0. The Bertz CT molecular complexity index is 217. The van der Waals surface area contributed by atoms with Crippen LogP contribution >= 0.6 is 0 Å². The molecule has 1 heterocycles. The molecule has 4 nitrogen and oxygen atoms in total. The molecule has 10 heavy (non-hydrogen) atoms. The van der Waals surface area contributed by atoms with Gasteiger partial charge in [0, 0.05) is 11.9 Å². The summed E-state index contributed by atoms with van der Waals surface area (Å²) in [6.07, 6.45) is 4.81. The third-order valence-corrected chi connectivity index (χ3v) is 0.898. The lowest BCUT2D eigenvalue weighted by Crippen LogP contribution is -2.31. The maximum atomic E-state index is 10.6. The lowest BCUT2D eigenvalue weighted by Gasteiger charge is -2.03. The lowest BCUT2D eigenvalue weighted by molar-refractivity contribution is 0.244. The van der Waals surface area contributed by atoms with Gasteiger partial charge >= 0.3 is 6.03 Å². The summed E-state index contributed by atoms with van der Waals surface area (Å²) in [6.45, 7) is 3.55. The number of hydrogen-bond acceptors (Lipinski definition) is 2. The van der Waals surface area contributed by atoms with Crippen LogP contribution in [0.25, 0.3) is 0 Å². The summed E-state index contributed by atoms with van der Waals surface area (Å²) >= 11 is 0. The van der Waals surface area contributed by atoms with Crippen molar-refractivity contribution in [3.63, 3.8) is 0 Å². The predicted molar refractivity (Wildman–Crippen MR) is 38.4 cm³/mol. The lowest BCUT2D eigenvalue weighted by atomic mass is 10.4. The van der Waals surface area contributed by atoms with Crippen LogP contribution in [0.4, 0.5) is 4.79 Å². The molecule has 4 heteroatoms. The first kappa shape index (κ1) is 6.54. The molecule has 0 bridgehead atoms. The number of urea groups is 1. The molecule has 0 atom stereocenters. The predicted octanol–water partition coefficient (Wildman–Crippen LogP) is 0.355. The molecule has 0 aromatic rings. The Kier molecular flexibility index (Phi) is 1.84. The SMILES string of the molecule is C=C1/C=C\C=N/NC(=O)N1. The molecule has 0 fully saturated rings. The third kappa shape index (κ3) is 1.74. The standard InChI is InChI=1S/C6H7N3O/c1-5-3-2-4-7-9-6(10)8-5/h2-4H,1H2,(H2,8,9,10)/b3-2-,7-4-. The molecule has 0 aromatic carbocycles. The maximum absolute atomic E-state index is 10.6. The monoisotopic (exact) mass is 137 g/mol. The second-order valence-corrected chi connectivity index (χ2v) is 1.73. The number of carbonyl (C=O) groups excluding carboxylic acids is 1. The van der Waals surface area contributed by atoms with Gasteiger partial charge < -0.3 is 5.32 Å². The Labute approximate surface area is 58.3 Å². The highest BCUT2D eigenvalue weighted by Crippen LogP contribution is 1.87. The minimum atomic E-state index is -0.370. The minimum absolute atomic E-state index is 0.370. The van der Waals surface area contributed by atoms with Gasteiger partial charge in [0.1, 0.15) is 0 Å². The third-order valence-electron chi connectivity index (χ3n) is 0.898. The van der Waals surface area contributed by atoms with E-state index >= 15 is 0 Å². The van der Waals surface area contributed by atoms with Crippen LogP contribution in [0.15, 0.2) is 29.5 Å². The van der Waals surface area contributed by atoms with Gasteiger partial charge in [-0.05, 0) is 12.2 Å². The van der Waals surface area contributed by atoms with Crippen molar-refractivity contribution in [2.24, 2.45) is 5.10 Å². The van der Waals surface area contributed by atoms with Crippen LogP contribution in [0.2, 0.25) is 0 Å². The van der Waals surface area contributed by atoms with E-state index in [1.165, 1.54) is 6.21 Å². The first-order valence-corrected chi connectivity index (χ1v) is 2.74. The number of hydrazone groups is 1. The molecule has 0 saturated carbocycles. The maximum Gasteiger partial charge on any atom is 0.339 e. The quantitative estimate of drug-likeness (QED) is 0.497. The van der Waals surface area contributed by atoms with Gasteiger partial charge in [-0.3, -0.25) is 0 Å². The largest absolute Gasteiger partial charge is 0.339 e. The van der Waals surface area contributed by atoms with Gasteiger partial charge in [0.25, 0.3) is 0 Å². The average molecular weight is 137 g/mol. The van der Waals surface area contributed by atoms with E-state index in [1.54, 1.807) is 12.2 Å². The van der Waals surface area contributed by atoms with Crippen molar-refractivity contribution in [3.05, 3.63) is 24.4 Å². The number of nitrogens with one attached hydrogen (secondary N) is 2. The zero-order valence-electron chi connectivity index (χ0n) is 5.29. The first-order chi connectivity index (χ1) is 4.79. The second kappa shape index (κ2) is 2.82. The smallest absolute Gasteiger partial charge is 0.307 e. The molecule has 1 aliphatic rings. The molecule has 0 aliphatic carbocycles. The van der Waals surface area contributed by atoms with Gasteiger partial charge in [0.15, 0.2) is 0 Å². The van der Waals surface area contributed by atoms with Crippen LogP contribution in [-0.2, 0) is 0 Å². The van der Waals surface area contributed by atoms with Gasteiger partial charge in [-0.1, -0.05) is 6.58 Å². The molecule has 2 amide bonds. The van der Waals surface area contributed by atoms with Crippen molar-refractivity contribution < 1.29 is 4.79 Å². The van der Waals surface area contributed by atoms with Gasteiger partial charge in [-0.15, -0.1) is 0 Å². The highest BCUT2D eigenvalue weighted by molar-refractivity contribution is 5.80. The molecule has 0 unspecified atom stereocenters. The van der Waals surface area contributed by atoms with E-state index in [0.717, 1.165) is 0 Å². The normalized spacial score (nSPS) is 23.6. The fraction of sp³-hybridized carbons (Fsp3) is 0. The Morgan fingerprint density at radius 3 is 3.20 bits per heavy atom. The average Bonchev–Trinajstić information content (AvgIpc) is 1.83. The Morgan fingerprint density at radius 1 is 1.60 bits per heavy atom. The van der Waals surface area contributed by atoms with Crippen LogP contribution in [0.5, 0.6) is 0 Å². The molecule has 1 rings (SSSR count). The summed E-state index contributed by atoms with van der Waals surface area (Å²) in [5, 5.41) is 5.97. The topological polar surface area (TPSA) is 53.5 Å². The van der Waals surface area contributed by atoms with Gasteiger partial charge in [0.05, 0.1) is 0 Å². The number of allylic oxidation sites excluding steroid dienone is 2. The van der Waals surface area contributed by atoms with Crippen LogP contribution in [0.1, 0.15) is 0 Å². The Morgan fingerprint density at radius 2 is 2.40 bits per heavy atom. The highest BCUT2D eigenvalue weighted by Gasteiger charge is 1.97. The van der Waals surface area contributed by atoms with Crippen LogP contribution < -0.4 is 10.7 Å². The first-order valence-electron chi connectivity index (χ1n) is 2.74. The Balaban J connectivity index is 2.70. The summed E-state index contributed by atoms with van der Waals surface area (Å²) in [7, 11) is 0. The van der Waals surface area contributed by atoms with Crippen LogP contribution in [0.3, 0.4) is 0 Å². The van der Waals surface area contributed by atoms with E-state index in [-0.39, 0.29) is 6.03 Å². The molecule has 52 valence electrons. The molecule has 0 aromatic heterocycles. The summed E-state index contributed by atoms with van der Waals surface area (Å²) in [5.41, 5.74) is 2.77. The van der Waals surface area contributed by atoms with E-state index in [0.29, 0.717) is 5.70 Å². The van der Waals surface area contributed by atoms with E-state index < -0.39 is 0 Å². The minimum Gasteiger partial charge on any atom is -0.307 e. The number of amides is 2. The van der Waals surface area contributed by atoms with Crippen molar-refractivity contribution in [2.75, 3.05) is 0 Å². The van der Waals surface area contributed by atoms with Gasteiger partial charge in [-0.25, -0.2) is 10.2 Å². The van der Waals surface area contributed by atoms with Crippen molar-refractivity contribution in [1.29, 1.82) is 0 Å². The van der Waals surface area contributed by atoms with Crippen molar-refractivity contribution >= 4 is 12.2 Å². The van der Waals surface area contributed by atoms with E-state index in [1.807, 2.05) is 0 Å². The fourth-order valence-electron chi connectivity index (χ4n) is 0.514. The molecule has 1 aliphatic heterocycles. The fourth-order valence-corrected chi connectivity index (χ4v) is 0.514. The van der Waals surface area contributed by atoms with E-state index in [2.05, 4.69) is 22.4 Å². The van der Waals surface area contributed by atoms with Crippen LogP contribution in [-0.4, -0.2) is 12.2 Å².